The van der Waals surface area contributed by atoms with Gasteiger partial charge in [0.05, 0.1) is 18.3 Å². The van der Waals surface area contributed by atoms with Crippen LogP contribution in [0.2, 0.25) is 10.0 Å². The highest BCUT2D eigenvalue weighted by atomic mass is 35.5. The summed E-state index contributed by atoms with van der Waals surface area (Å²) in [5.41, 5.74) is 6.31. The molecule has 1 aliphatic carbocycles. The molecule has 1 aliphatic heterocycles. The molecule has 2 aliphatic rings. The van der Waals surface area contributed by atoms with Crippen LogP contribution in [0, 0.1) is 0 Å². The zero-order valence-electron chi connectivity index (χ0n) is 22.2. The van der Waals surface area contributed by atoms with Gasteiger partial charge in [0, 0.05) is 19.6 Å². The van der Waals surface area contributed by atoms with Gasteiger partial charge in [0.1, 0.15) is 28.4 Å². The summed E-state index contributed by atoms with van der Waals surface area (Å²) >= 11 is 13.5. The predicted octanol–water partition coefficient (Wildman–Crippen LogP) is 8.84. The van der Waals surface area contributed by atoms with Gasteiger partial charge < -0.3 is 14.6 Å². The third-order valence-electron chi connectivity index (χ3n) is 7.49. The van der Waals surface area contributed by atoms with E-state index in [2.05, 4.69) is 17.0 Å². The van der Waals surface area contributed by atoms with Gasteiger partial charge >= 0.3 is 0 Å². The summed E-state index contributed by atoms with van der Waals surface area (Å²) < 4.78 is 24.5. The fraction of sp³-hybridized carbons (Fsp3) is 0.394. The third kappa shape index (κ3) is 6.59. The first-order valence-corrected chi connectivity index (χ1v) is 14.5. The van der Waals surface area contributed by atoms with Crippen molar-refractivity contribution in [3.05, 3.63) is 86.9 Å². The maximum Gasteiger partial charge on any atom is 0.139 e. The van der Waals surface area contributed by atoms with Gasteiger partial charge in [0.25, 0.3) is 0 Å². The molecule has 0 aromatic heterocycles. The van der Waals surface area contributed by atoms with Crippen molar-refractivity contribution in [2.75, 3.05) is 32.9 Å². The second kappa shape index (κ2) is 13.8. The number of benzene rings is 3. The number of ether oxygens (including phenoxy) is 2. The number of fused-ring (bicyclic) bond motifs is 1. The van der Waals surface area contributed by atoms with Crippen LogP contribution in [0.4, 0.5) is 4.39 Å². The summed E-state index contributed by atoms with van der Waals surface area (Å²) in [6.07, 6.45) is 4.19. The molecule has 0 spiro atoms. The Morgan fingerprint density at radius 1 is 1.00 bits per heavy atom. The second-order valence-corrected chi connectivity index (χ2v) is 10.9. The van der Waals surface area contributed by atoms with E-state index in [0.29, 0.717) is 28.8 Å². The predicted molar refractivity (Wildman–Crippen MR) is 164 cm³/mol. The monoisotopic (exact) mass is 585 g/mol. The van der Waals surface area contributed by atoms with Crippen LogP contribution in [-0.4, -0.2) is 49.0 Å². The number of aromatic hydroxyl groups is 1. The number of likely N-dealkylation sites (tertiary alicyclic amines) is 1. The van der Waals surface area contributed by atoms with E-state index in [4.69, 9.17) is 32.7 Å². The first kappa shape index (κ1) is 30.2. The molecule has 0 amide bonds. The van der Waals surface area contributed by atoms with Gasteiger partial charge in [0.2, 0.25) is 0 Å². The molecule has 3 aromatic rings. The van der Waals surface area contributed by atoms with Crippen LogP contribution in [-0.2, 0) is 6.42 Å². The number of nitrogens with zero attached hydrogens (tertiary/aromatic N) is 1. The van der Waals surface area contributed by atoms with E-state index in [1.54, 1.807) is 6.07 Å². The smallest absolute Gasteiger partial charge is 0.139 e. The summed E-state index contributed by atoms with van der Waals surface area (Å²) in [6, 6.07) is 17.7. The van der Waals surface area contributed by atoms with Crippen molar-refractivity contribution in [3.63, 3.8) is 0 Å². The van der Waals surface area contributed by atoms with Crippen LogP contribution in [0.5, 0.6) is 17.2 Å². The molecule has 3 aromatic carbocycles. The number of alkyl halides is 1. The molecular formula is C33H38Cl2FNO3. The number of phenols is 1. The Balaban J connectivity index is 0.00000370. The van der Waals surface area contributed by atoms with Crippen LogP contribution < -0.4 is 9.47 Å². The number of aryl methyl sites for hydroxylation is 1. The van der Waals surface area contributed by atoms with E-state index in [1.165, 1.54) is 0 Å². The van der Waals surface area contributed by atoms with E-state index in [1.807, 2.05) is 43.3 Å². The van der Waals surface area contributed by atoms with Crippen molar-refractivity contribution in [2.24, 2.45) is 0 Å². The molecule has 5 rings (SSSR count). The molecule has 4 nitrogen and oxygen atoms in total. The minimum absolute atomic E-state index is 0. The molecule has 1 atom stereocenters. The lowest BCUT2D eigenvalue weighted by molar-refractivity contribution is 0.198. The van der Waals surface area contributed by atoms with Crippen LogP contribution in [0.3, 0.4) is 0 Å². The average molecular weight is 587 g/mol. The highest BCUT2D eigenvalue weighted by molar-refractivity contribution is 6.44. The topological polar surface area (TPSA) is 41.9 Å². The van der Waals surface area contributed by atoms with Crippen LogP contribution in [0.25, 0.3) is 11.1 Å². The molecule has 40 heavy (non-hydrogen) atoms. The molecule has 0 unspecified atom stereocenters. The molecule has 0 bridgehead atoms. The van der Waals surface area contributed by atoms with Crippen LogP contribution in [0.1, 0.15) is 62.3 Å². The highest BCUT2D eigenvalue weighted by Crippen LogP contribution is 2.45. The Morgan fingerprint density at radius 2 is 1.77 bits per heavy atom. The maximum atomic E-state index is 12.6. The summed E-state index contributed by atoms with van der Waals surface area (Å²) in [5.74, 6) is 1.66. The van der Waals surface area contributed by atoms with Gasteiger partial charge in [-0.25, -0.2) is 0 Å². The molecule has 1 fully saturated rings. The van der Waals surface area contributed by atoms with E-state index >= 15 is 0 Å². The van der Waals surface area contributed by atoms with Crippen molar-refractivity contribution in [2.45, 2.75) is 52.6 Å². The normalized spacial score (nSPS) is 17.2. The van der Waals surface area contributed by atoms with Crippen LogP contribution in [0.15, 0.2) is 54.6 Å². The Kier molecular flexibility index (Phi) is 10.4. The van der Waals surface area contributed by atoms with Crippen molar-refractivity contribution >= 4 is 34.3 Å². The van der Waals surface area contributed by atoms with E-state index in [-0.39, 0.29) is 26.0 Å². The minimum atomic E-state index is -0.280. The summed E-state index contributed by atoms with van der Waals surface area (Å²) in [7, 11) is 0. The fourth-order valence-electron chi connectivity index (χ4n) is 5.68. The second-order valence-electron chi connectivity index (χ2n) is 10.1. The Bertz CT molecular complexity index is 1340. The average Bonchev–Trinajstić information content (AvgIpc) is 3.30. The highest BCUT2D eigenvalue weighted by Gasteiger charge is 2.25. The zero-order chi connectivity index (χ0) is 27.4. The van der Waals surface area contributed by atoms with Crippen molar-refractivity contribution < 1.29 is 19.0 Å². The van der Waals surface area contributed by atoms with Gasteiger partial charge in [-0.2, -0.15) is 0 Å². The lowest BCUT2D eigenvalue weighted by Crippen LogP contribution is -2.26. The molecule has 1 N–H and O–H groups in total. The molecular weight excluding hydrogens is 548 g/mol. The number of allylic oxidation sites excluding steroid dienone is 1. The Labute approximate surface area is 247 Å². The summed E-state index contributed by atoms with van der Waals surface area (Å²) in [5, 5.41) is 11.1. The largest absolute Gasteiger partial charge is 0.508 e. The standard InChI is InChI=1S/C32H34Cl2FNO3.CH4/c1-2-38-29-14-13-28(31(33)32(29)34)27-6-3-5-22-19-23(37)9-12-26(22)30(27)21-7-10-24(11-8-21)39-25-15-18-36(20-25)17-4-16-35;/h7-14,19,25,37H,2-6,15-18,20H2,1H3;1H4/t25-;/m0./s1. The van der Waals surface area contributed by atoms with E-state index in [0.717, 1.165) is 84.5 Å². The van der Waals surface area contributed by atoms with Gasteiger partial charge in [0.15, 0.2) is 0 Å². The molecule has 0 radical (unpaired) electrons. The van der Waals surface area contributed by atoms with E-state index in [9.17, 15) is 9.50 Å². The van der Waals surface area contributed by atoms with Gasteiger partial charge in [-0.3, -0.25) is 9.29 Å². The lowest BCUT2D eigenvalue weighted by Gasteiger charge is -2.20. The molecule has 1 saturated heterocycles. The lowest BCUT2D eigenvalue weighted by atomic mass is 9.87. The molecule has 214 valence electrons. The van der Waals surface area contributed by atoms with E-state index < -0.39 is 0 Å². The Morgan fingerprint density at radius 3 is 2.52 bits per heavy atom. The summed E-state index contributed by atoms with van der Waals surface area (Å²) in [4.78, 5) is 2.26. The molecule has 1 heterocycles. The van der Waals surface area contributed by atoms with Gasteiger partial charge in [-0.05, 0) is 109 Å². The zero-order valence-corrected chi connectivity index (χ0v) is 23.7. The van der Waals surface area contributed by atoms with Gasteiger partial charge in [-0.1, -0.05) is 48.8 Å². The first-order valence-electron chi connectivity index (χ1n) is 13.7. The Hall–Kier alpha value is -2.73. The number of hydrogen-bond donors (Lipinski definition) is 1. The molecule has 7 heteroatoms. The minimum Gasteiger partial charge on any atom is -0.508 e. The fourth-order valence-corrected chi connectivity index (χ4v) is 6.17. The number of phenolic OH excluding ortho intramolecular Hbond substituents is 1. The molecule has 0 saturated carbocycles. The first-order chi connectivity index (χ1) is 19.0. The summed E-state index contributed by atoms with van der Waals surface area (Å²) in [6.45, 7) is 4.68. The maximum absolute atomic E-state index is 12.6. The number of rotatable bonds is 9. The van der Waals surface area contributed by atoms with Crippen molar-refractivity contribution in [1.29, 1.82) is 0 Å². The quantitative estimate of drug-likeness (QED) is 0.272. The van der Waals surface area contributed by atoms with Crippen molar-refractivity contribution in [3.8, 4) is 17.2 Å². The van der Waals surface area contributed by atoms with Gasteiger partial charge in [-0.15, -0.1) is 0 Å². The SMILES string of the molecule is C.CCOc1ccc(C2=C(c3ccc(O[C@H]4CCN(CCCF)C4)cc3)c3ccc(O)cc3CCC2)c(Cl)c1Cl. The van der Waals surface area contributed by atoms with Crippen molar-refractivity contribution in [1.82, 2.24) is 4.90 Å². The number of hydrogen-bond acceptors (Lipinski definition) is 4. The third-order valence-corrected chi connectivity index (χ3v) is 8.35. The number of halogens is 3. The van der Waals surface area contributed by atoms with Crippen LogP contribution >= 0.6 is 23.2 Å².